The highest BCUT2D eigenvalue weighted by Gasteiger charge is 1.89. The molecule has 0 fully saturated rings. The third-order valence-corrected chi connectivity index (χ3v) is 3.94. The lowest BCUT2D eigenvalue weighted by molar-refractivity contribution is 1.17. The van der Waals surface area contributed by atoms with E-state index >= 15 is 0 Å². The Morgan fingerprint density at radius 2 is 0.960 bits per heavy atom. The third-order valence-electron chi connectivity index (χ3n) is 3.94. The van der Waals surface area contributed by atoms with Crippen LogP contribution < -0.4 is 0 Å². The zero-order valence-corrected chi connectivity index (χ0v) is 16.7. The number of benzene rings is 2. The highest BCUT2D eigenvalue weighted by Crippen LogP contribution is 2.07. The molecular weight excluding hydrogens is 302 g/mol. The molecule has 0 bridgehead atoms. The molecule has 3 aromatic rings. The fraction of sp³-hybridized carbons (Fsp3) is 0.292. The lowest BCUT2D eigenvalue weighted by Crippen LogP contribution is -1.79. The molecule has 0 N–H and O–H groups in total. The number of nitrogens with zero attached hydrogens (tertiary/aromatic N) is 1. The lowest BCUT2D eigenvalue weighted by atomic mass is 10.1. The second kappa shape index (κ2) is 10.5. The fourth-order valence-electron chi connectivity index (χ4n) is 2.07. The summed E-state index contributed by atoms with van der Waals surface area (Å²) >= 11 is 0. The first-order valence-electron chi connectivity index (χ1n) is 8.74. The van der Waals surface area contributed by atoms with E-state index in [4.69, 9.17) is 0 Å². The molecule has 1 heterocycles. The quantitative estimate of drug-likeness (QED) is 0.451. The Balaban J connectivity index is 0.000000188. The van der Waals surface area contributed by atoms with Crippen LogP contribution in [0.2, 0.25) is 0 Å². The summed E-state index contributed by atoms with van der Waals surface area (Å²) in [5.74, 6) is 0. The van der Waals surface area contributed by atoms with Crippen molar-refractivity contribution in [3.8, 4) is 0 Å². The van der Waals surface area contributed by atoms with Gasteiger partial charge in [0.05, 0.1) is 0 Å². The number of rotatable bonds is 0. The summed E-state index contributed by atoms with van der Waals surface area (Å²) in [6, 6.07) is 19.1. The Hall–Kier alpha value is -2.41. The van der Waals surface area contributed by atoms with E-state index in [-0.39, 0.29) is 0 Å². The third kappa shape index (κ3) is 8.85. The molecule has 0 spiro atoms. The van der Waals surface area contributed by atoms with E-state index in [1.807, 2.05) is 26.1 Å². The van der Waals surface area contributed by atoms with Crippen molar-refractivity contribution in [3.63, 3.8) is 0 Å². The Morgan fingerprint density at radius 3 is 1.32 bits per heavy atom. The highest BCUT2D eigenvalue weighted by atomic mass is 14.6. The molecule has 2 aromatic carbocycles. The standard InChI is InChI=1S/C9H12.C8H10.C7H9N/c1-7-4-5-8(2)9(3)6-7;1-7-3-5-8(2)6-4-7;1-6-3-4-7(2)8-5-6/h4-6H,1-3H3;3-6H,1-2H3;3-5H,1-2H3. The van der Waals surface area contributed by atoms with Gasteiger partial charge in [-0.2, -0.15) is 0 Å². The minimum absolute atomic E-state index is 1.08. The summed E-state index contributed by atoms with van der Waals surface area (Å²) in [7, 11) is 0. The van der Waals surface area contributed by atoms with Crippen LogP contribution in [0, 0.1) is 48.5 Å². The monoisotopic (exact) mass is 333 g/mol. The number of hydrogen-bond donors (Lipinski definition) is 0. The summed E-state index contributed by atoms with van der Waals surface area (Å²) in [4.78, 5) is 4.08. The van der Waals surface area contributed by atoms with Crippen LogP contribution in [0.1, 0.15) is 39.1 Å². The summed E-state index contributed by atoms with van der Waals surface area (Å²) in [5, 5.41) is 0. The van der Waals surface area contributed by atoms with Gasteiger partial charge in [0.2, 0.25) is 0 Å². The van der Waals surface area contributed by atoms with E-state index in [1.54, 1.807) is 0 Å². The average Bonchev–Trinajstić information content (AvgIpc) is 2.58. The maximum Gasteiger partial charge on any atom is 0.0372 e. The van der Waals surface area contributed by atoms with Crippen molar-refractivity contribution in [3.05, 3.63) is 99.9 Å². The largest absolute Gasteiger partial charge is 0.261 e. The molecule has 0 amide bonds. The molecule has 0 atom stereocenters. The molecular formula is C24H31N. The second-order valence-electron chi connectivity index (χ2n) is 6.72. The van der Waals surface area contributed by atoms with Crippen LogP contribution in [0.3, 0.4) is 0 Å². The van der Waals surface area contributed by atoms with Crippen molar-refractivity contribution in [2.45, 2.75) is 48.5 Å². The van der Waals surface area contributed by atoms with Gasteiger partial charge in [0.1, 0.15) is 0 Å². The summed E-state index contributed by atoms with van der Waals surface area (Å²) in [6.07, 6.45) is 1.87. The van der Waals surface area contributed by atoms with Crippen molar-refractivity contribution in [2.24, 2.45) is 0 Å². The van der Waals surface area contributed by atoms with Gasteiger partial charge in [-0.3, -0.25) is 4.98 Å². The summed E-state index contributed by atoms with van der Waals surface area (Å²) in [5.41, 5.74) is 9.06. The number of aryl methyl sites for hydroxylation is 7. The molecule has 132 valence electrons. The number of hydrogen-bond acceptors (Lipinski definition) is 1. The van der Waals surface area contributed by atoms with Gasteiger partial charge in [0, 0.05) is 11.9 Å². The fourth-order valence-corrected chi connectivity index (χ4v) is 2.07. The molecule has 1 nitrogen and oxygen atoms in total. The smallest absolute Gasteiger partial charge is 0.0372 e. The first kappa shape index (κ1) is 20.6. The van der Waals surface area contributed by atoms with E-state index in [0.29, 0.717) is 0 Å². The predicted octanol–water partition coefficient (Wildman–Crippen LogP) is 6.61. The van der Waals surface area contributed by atoms with Crippen molar-refractivity contribution < 1.29 is 0 Å². The zero-order valence-electron chi connectivity index (χ0n) is 16.7. The topological polar surface area (TPSA) is 12.9 Å². The first-order chi connectivity index (χ1) is 11.8. The zero-order chi connectivity index (χ0) is 18.8. The minimum Gasteiger partial charge on any atom is -0.261 e. The molecule has 3 rings (SSSR count). The Kier molecular flexibility index (Phi) is 8.63. The van der Waals surface area contributed by atoms with E-state index in [0.717, 1.165) is 5.69 Å². The molecule has 0 saturated heterocycles. The molecule has 1 aromatic heterocycles. The van der Waals surface area contributed by atoms with Crippen LogP contribution >= 0.6 is 0 Å². The predicted molar refractivity (Wildman–Crippen MR) is 110 cm³/mol. The lowest BCUT2D eigenvalue weighted by Gasteiger charge is -1.98. The molecule has 0 aliphatic carbocycles. The Morgan fingerprint density at radius 1 is 0.480 bits per heavy atom. The normalized spacial score (nSPS) is 9.40. The molecule has 0 radical (unpaired) electrons. The maximum absolute atomic E-state index is 4.08. The Labute approximate surface area is 153 Å². The Bertz CT molecular complexity index is 668. The van der Waals surface area contributed by atoms with Gasteiger partial charge < -0.3 is 0 Å². The summed E-state index contributed by atoms with van der Waals surface area (Å²) in [6.45, 7) is 14.6. The second-order valence-corrected chi connectivity index (χ2v) is 6.72. The molecule has 0 aliphatic heterocycles. The van der Waals surface area contributed by atoms with Crippen molar-refractivity contribution in [1.82, 2.24) is 4.98 Å². The van der Waals surface area contributed by atoms with E-state index < -0.39 is 0 Å². The first-order valence-corrected chi connectivity index (χ1v) is 8.74. The molecule has 0 aliphatic rings. The van der Waals surface area contributed by atoms with Gasteiger partial charge in [-0.25, -0.2) is 0 Å². The number of aromatic nitrogens is 1. The van der Waals surface area contributed by atoms with Crippen LogP contribution in [0.25, 0.3) is 0 Å². The molecule has 0 unspecified atom stereocenters. The van der Waals surface area contributed by atoms with Crippen LogP contribution in [0.4, 0.5) is 0 Å². The van der Waals surface area contributed by atoms with Gasteiger partial charge in [-0.1, -0.05) is 65.2 Å². The van der Waals surface area contributed by atoms with Gasteiger partial charge in [0.25, 0.3) is 0 Å². The SMILES string of the molecule is Cc1ccc(C)c(C)c1.Cc1ccc(C)cc1.Cc1ccc(C)nc1. The van der Waals surface area contributed by atoms with Crippen molar-refractivity contribution in [1.29, 1.82) is 0 Å². The van der Waals surface area contributed by atoms with Crippen LogP contribution in [-0.2, 0) is 0 Å². The molecule has 0 saturated carbocycles. The van der Waals surface area contributed by atoms with Gasteiger partial charge >= 0.3 is 0 Å². The van der Waals surface area contributed by atoms with Crippen LogP contribution in [-0.4, -0.2) is 4.98 Å². The van der Waals surface area contributed by atoms with Crippen molar-refractivity contribution in [2.75, 3.05) is 0 Å². The van der Waals surface area contributed by atoms with Gasteiger partial charge in [-0.05, 0) is 71.2 Å². The molecule has 1 heteroatoms. The van der Waals surface area contributed by atoms with Crippen molar-refractivity contribution >= 4 is 0 Å². The highest BCUT2D eigenvalue weighted by molar-refractivity contribution is 5.28. The molecule has 25 heavy (non-hydrogen) atoms. The van der Waals surface area contributed by atoms with E-state index in [9.17, 15) is 0 Å². The van der Waals surface area contributed by atoms with Gasteiger partial charge in [-0.15, -0.1) is 0 Å². The van der Waals surface area contributed by atoms with Gasteiger partial charge in [0.15, 0.2) is 0 Å². The average molecular weight is 334 g/mol. The van der Waals surface area contributed by atoms with E-state index in [2.05, 4.69) is 88.1 Å². The summed E-state index contributed by atoms with van der Waals surface area (Å²) < 4.78 is 0. The minimum atomic E-state index is 1.08. The number of pyridine rings is 1. The maximum atomic E-state index is 4.08. The van der Waals surface area contributed by atoms with Crippen LogP contribution in [0.5, 0.6) is 0 Å². The van der Waals surface area contributed by atoms with E-state index in [1.165, 1.54) is 33.4 Å². The van der Waals surface area contributed by atoms with Crippen LogP contribution in [0.15, 0.2) is 60.8 Å².